The summed E-state index contributed by atoms with van der Waals surface area (Å²) in [5.74, 6) is -0.299. The zero-order valence-corrected chi connectivity index (χ0v) is 17.8. The van der Waals surface area contributed by atoms with E-state index < -0.39 is 10.0 Å². The Hall–Kier alpha value is -1.41. The highest BCUT2D eigenvalue weighted by Gasteiger charge is 2.22. The van der Waals surface area contributed by atoms with Gasteiger partial charge < -0.3 is 5.32 Å². The number of rotatable bonds is 6. The van der Waals surface area contributed by atoms with Crippen LogP contribution in [0.25, 0.3) is 0 Å². The van der Waals surface area contributed by atoms with Gasteiger partial charge in [-0.2, -0.15) is 4.31 Å². The number of halogens is 2. The molecule has 26 heavy (non-hydrogen) atoms. The number of carbonyl (C=O) groups excluding carboxylic acids is 1. The first kappa shape index (κ1) is 20.9. The van der Waals surface area contributed by atoms with Crippen molar-refractivity contribution in [1.29, 1.82) is 0 Å². The van der Waals surface area contributed by atoms with Crippen LogP contribution in [0.5, 0.6) is 0 Å². The summed E-state index contributed by atoms with van der Waals surface area (Å²) in [5, 5.41) is 3.14. The molecule has 0 saturated carbocycles. The van der Waals surface area contributed by atoms with Gasteiger partial charge >= 0.3 is 0 Å². The van der Waals surface area contributed by atoms with Crippen molar-refractivity contribution in [2.45, 2.75) is 31.3 Å². The van der Waals surface area contributed by atoms with Gasteiger partial charge in [-0.05, 0) is 49.7 Å². The van der Waals surface area contributed by atoms with Crippen LogP contribution >= 0.6 is 27.5 Å². The monoisotopic (exact) mass is 458 g/mol. The Labute approximate surface area is 167 Å². The molecule has 0 spiro atoms. The lowest BCUT2D eigenvalue weighted by Gasteiger charge is -2.21. The summed E-state index contributed by atoms with van der Waals surface area (Å²) in [6.07, 6.45) is 0. The van der Waals surface area contributed by atoms with E-state index in [9.17, 15) is 13.2 Å². The largest absolute Gasteiger partial charge is 0.348 e. The Morgan fingerprint density at radius 2 is 1.81 bits per heavy atom. The fraction of sp³-hybridized carbons (Fsp3) is 0.278. The number of benzene rings is 2. The van der Waals surface area contributed by atoms with Crippen LogP contribution in [0.3, 0.4) is 0 Å². The van der Waals surface area contributed by atoms with E-state index in [1.54, 1.807) is 49.5 Å². The molecule has 2 rings (SSSR count). The Balaban J connectivity index is 2.08. The van der Waals surface area contributed by atoms with Gasteiger partial charge in [-0.3, -0.25) is 4.79 Å². The summed E-state index contributed by atoms with van der Waals surface area (Å²) in [7, 11) is -1.96. The fourth-order valence-corrected chi connectivity index (χ4v) is 4.10. The molecule has 0 radical (unpaired) electrons. The van der Waals surface area contributed by atoms with Gasteiger partial charge in [0.1, 0.15) is 0 Å². The molecule has 2 aromatic rings. The minimum absolute atomic E-state index is 0.131. The van der Waals surface area contributed by atoms with Crippen LogP contribution in [0.2, 0.25) is 5.02 Å². The van der Waals surface area contributed by atoms with Crippen molar-refractivity contribution >= 4 is 43.5 Å². The van der Waals surface area contributed by atoms with E-state index >= 15 is 0 Å². The van der Waals surface area contributed by atoms with Gasteiger partial charge in [0, 0.05) is 24.1 Å². The number of carbonyl (C=O) groups is 1. The highest BCUT2D eigenvalue weighted by atomic mass is 79.9. The van der Waals surface area contributed by atoms with Gasteiger partial charge in [0.05, 0.1) is 15.5 Å². The molecule has 0 bridgehead atoms. The maximum Gasteiger partial charge on any atom is 0.253 e. The predicted octanol–water partition coefficient (Wildman–Crippen LogP) is 4.06. The molecule has 0 unspecified atom stereocenters. The van der Waals surface area contributed by atoms with Crippen molar-refractivity contribution in [3.8, 4) is 0 Å². The molecular formula is C18H20BrClN2O3S. The second-order valence-corrected chi connectivity index (χ2v) is 9.39. The number of sulfonamides is 1. The fourth-order valence-electron chi connectivity index (χ4n) is 2.17. The quantitative estimate of drug-likeness (QED) is 0.708. The molecule has 0 heterocycles. The van der Waals surface area contributed by atoms with Crippen LogP contribution in [-0.4, -0.2) is 31.7 Å². The standard InChI is InChI=1S/C18H20BrClN2O3S/c1-12(2)22(3)26(24,25)15-7-4-13(5-8-15)11-21-18(23)16-10-14(19)6-9-17(16)20/h4-10,12H,11H2,1-3H3,(H,21,23). The van der Waals surface area contributed by atoms with Crippen LogP contribution in [-0.2, 0) is 16.6 Å². The van der Waals surface area contributed by atoms with Crippen LogP contribution in [0.15, 0.2) is 51.8 Å². The SMILES string of the molecule is CC(C)N(C)S(=O)(=O)c1ccc(CNC(=O)c2cc(Br)ccc2Cl)cc1. The second-order valence-electron chi connectivity index (χ2n) is 6.07. The smallest absolute Gasteiger partial charge is 0.253 e. The summed E-state index contributed by atoms with van der Waals surface area (Å²) in [4.78, 5) is 12.5. The zero-order valence-electron chi connectivity index (χ0n) is 14.7. The molecule has 0 aromatic heterocycles. The van der Waals surface area contributed by atoms with E-state index in [4.69, 9.17) is 11.6 Å². The molecular weight excluding hydrogens is 440 g/mol. The first-order chi connectivity index (χ1) is 12.1. The summed E-state index contributed by atoms with van der Waals surface area (Å²) in [5.41, 5.74) is 1.16. The van der Waals surface area contributed by atoms with Gasteiger partial charge in [-0.1, -0.05) is 39.7 Å². The summed E-state index contributed by atoms with van der Waals surface area (Å²) in [6, 6.07) is 11.4. The molecule has 0 aliphatic carbocycles. The van der Waals surface area contributed by atoms with Crippen molar-refractivity contribution in [1.82, 2.24) is 9.62 Å². The Morgan fingerprint density at radius 1 is 1.19 bits per heavy atom. The number of hydrogen-bond acceptors (Lipinski definition) is 3. The number of amides is 1. The molecule has 0 aliphatic rings. The minimum Gasteiger partial charge on any atom is -0.348 e. The summed E-state index contributed by atoms with van der Waals surface area (Å²) >= 11 is 9.36. The molecule has 5 nitrogen and oxygen atoms in total. The van der Waals surface area contributed by atoms with Crippen molar-refractivity contribution in [2.75, 3.05) is 7.05 Å². The van der Waals surface area contributed by atoms with Crippen molar-refractivity contribution in [3.05, 3.63) is 63.1 Å². The zero-order chi connectivity index (χ0) is 19.5. The highest BCUT2D eigenvalue weighted by molar-refractivity contribution is 9.10. The van der Waals surface area contributed by atoms with Gasteiger partial charge in [0.15, 0.2) is 0 Å². The number of nitrogens with zero attached hydrogens (tertiary/aromatic N) is 1. The van der Waals surface area contributed by atoms with E-state index in [-0.39, 0.29) is 23.4 Å². The molecule has 1 amide bonds. The summed E-state index contributed by atoms with van der Waals surface area (Å²) in [6.45, 7) is 3.89. The third kappa shape index (κ3) is 4.85. The van der Waals surface area contributed by atoms with Gasteiger partial charge in [-0.15, -0.1) is 0 Å². The van der Waals surface area contributed by atoms with Crippen LogP contribution in [0.4, 0.5) is 0 Å². The van der Waals surface area contributed by atoms with Crippen LogP contribution in [0, 0.1) is 0 Å². The molecule has 0 atom stereocenters. The first-order valence-electron chi connectivity index (χ1n) is 7.93. The lowest BCUT2D eigenvalue weighted by atomic mass is 10.2. The maximum atomic E-state index is 12.4. The summed E-state index contributed by atoms with van der Waals surface area (Å²) < 4.78 is 27.0. The molecule has 0 fully saturated rings. The Morgan fingerprint density at radius 3 is 2.38 bits per heavy atom. The predicted molar refractivity (Wildman–Crippen MR) is 107 cm³/mol. The normalized spacial score (nSPS) is 11.8. The molecule has 0 aliphatic heterocycles. The van der Waals surface area contributed by atoms with E-state index in [0.29, 0.717) is 10.6 Å². The van der Waals surface area contributed by atoms with E-state index in [2.05, 4.69) is 21.2 Å². The van der Waals surface area contributed by atoms with Crippen LogP contribution < -0.4 is 5.32 Å². The molecule has 8 heteroatoms. The lowest BCUT2D eigenvalue weighted by Crippen LogP contribution is -2.33. The number of nitrogens with one attached hydrogen (secondary N) is 1. The van der Waals surface area contributed by atoms with E-state index in [1.165, 1.54) is 4.31 Å². The number of hydrogen-bond donors (Lipinski definition) is 1. The van der Waals surface area contributed by atoms with E-state index in [1.807, 2.05) is 13.8 Å². The van der Waals surface area contributed by atoms with Crippen molar-refractivity contribution in [3.63, 3.8) is 0 Å². The minimum atomic E-state index is -3.52. The Kier molecular flexibility index (Phi) is 6.85. The molecule has 0 saturated heterocycles. The van der Waals surface area contributed by atoms with Gasteiger partial charge in [0.2, 0.25) is 10.0 Å². The van der Waals surface area contributed by atoms with Crippen molar-refractivity contribution < 1.29 is 13.2 Å². The van der Waals surface area contributed by atoms with Gasteiger partial charge in [-0.25, -0.2) is 8.42 Å². The maximum absolute atomic E-state index is 12.4. The third-order valence-electron chi connectivity index (χ3n) is 3.95. The molecule has 1 N–H and O–H groups in total. The topological polar surface area (TPSA) is 66.5 Å². The average Bonchev–Trinajstić information content (AvgIpc) is 2.61. The van der Waals surface area contributed by atoms with Crippen molar-refractivity contribution in [2.24, 2.45) is 0 Å². The highest BCUT2D eigenvalue weighted by Crippen LogP contribution is 2.21. The second kappa shape index (κ2) is 8.52. The molecule has 2 aromatic carbocycles. The third-order valence-corrected chi connectivity index (χ3v) is 6.82. The molecule has 140 valence electrons. The average molecular weight is 460 g/mol. The lowest BCUT2D eigenvalue weighted by molar-refractivity contribution is 0.0951. The van der Waals surface area contributed by atoms with Crippen LogP contribution in [0.1, 0.15) is 29.8 Å². The Bertz CT molecular complexity index is 899. The first-order valence-corrected chi connectivity index (χ1v) is 10.5. The van der Waals surface area contributed by atoms with E-state index in [0.717, 1.165) is 10.0 Å². The van der Waals surface area contributed by atoms with Gasteiger partial charge in [0.25, 0.3) is 5.91 Å².